The Morgan fingerprint density at radius 1 is 1.24 bits per heavy atom. The summed E-state index contributed by atoms with van der Waals surface area (Å²) in [5, 5.41) is 19.2. The fourth-order valence-electron chi connectivity index (χ4n) is 2.20. The van der Waals surface area contributed by atoms with Gasteiger partial charge in [0.15, 0.2) is 0 Å². The Morgan fingerprint density at radius 3 is 2.90 bits per heavy atom. The summed E-state index contributed by atoms with van der Waals surface area (Å²) >= 11 is 0. The summed E-state index contributed by atoms with van der Waals surface area (Å²) in [7, 11) is 0. The molecule has 0 bridgehead atoms. The van der Waals surface area contributed by atoms with E-state index in [0.717, 1.165) is 11.1 Å². The number of nitrogens with one attached hydrogen (secondary N) is 1. The van der Waals surface area contributed by atoms with E-state index in [4.69, 9.17) is 0 Å². The maximum Gasteiger partial charge on any atom is 0.295 e. The van der Waals surface area contributed by atoms with Gasteiger partial charge in [0.2, 0.25) is 0 Å². The Balaban J connectivity index is 1.85. The highest BCUT2D eigenvalue weighted by Gasteiger charge is 2.14. The van der Waals surface area contributed by atoms with Crippen molar-refractivity contribution in [3.05, 3.63) is 59.0 Å². The predicted molar refractivity (Wildman–Crippen MR) is 79.1 cm³/mol. The average molecular weight is 283 g/mol. The molecule has 2 aromatic heterocycles. The quantitative estimate of drug-likeness (QED) is 0.574. The molecule has 1 N–H and O–H groups in total. The molecule has 0 saturated carbocycles. The Labute approximate surface area is 120 Å². The predicted octanol–water partition coefficient (Wildman–Crippen LogP) is 2.45. The number of anilines is 1. The molecule has 7 nitrogen and oxygen atoms in total. The van der Waals surface area contributed by atoms with Crippen LogP contribution in [0.3, 0.4) is 0 Å². The van der Waals surface area contributed by atoms with Crippen molar-refractivity contribution < 1.29 is 4.92 Å². The monoisotopic (exact) mass is 283 g/mol. The highest BCUT2D eigenvalue weighted by molar-refractivity contribution is 5.96. The number of nitro groups is 1. The molecule has 21 heavy (non-hydrogen) atoms. The van der Waals surface area contributed by atoms with Gasteiger partial charge in [-0.05, 0) is 24.3 Å². The highest BCUT2D eigenvalue weighted by Crippen LogP contribution is 2.29. The van der Waals surface area contributed by atoms with Crippen LogP contribution in [0.4, 0.5) is 11.4 Å². The summed E-state index contributed by atoms with van der Waals surface area (Å²) < 4.78 is 1.82. The molecule has 0 saturated heterocycles. The number of fused-ring (bicyclic) bond motifs is 1. The van der Waals surface area contributed by atoms with E-state index in [1.54, 1.807) is 24.5 Å². The van der Waals surface area contributed by atoms with E-state index in [1.165, 1.54) is 6.07 Å². The normalized spacial score (nSPS) is 10.7. The molecule has 0 spiro atoms. The summed E-state index contributed by atoms with van der Waals surface area (Å²) in [6, 6.07) is 8.65. The molecule has 0 aliphatic carbocycles. The molecule has 0 aliphatic heterocycles. The second-order valence-corrected chi connectivity index (χ2v) is 4.48. The van der Waals surface area contributed by atoms with E-state index in [1.807, 2.05) is 23.0 Å². The van der Waals surface area contributed by atoms with Crippen LogP contribution < -0.4 is 5.32 Å². The Morgan fingerprint density at radius 2 is 2.14 bits per heavy atom. The summed E-state index contributed by atoms with van der Waals surface area (Å²) in [6.07, 6.45) is 5.17. The molecular formula is C14H13N5O2. The van der Waals surface area contributed by atoms with Crippen molar-refractivity contribution in [2.75, 3.05) is 11.9 Å². The number of nitro benzene ring substituents is 1. The number of non-ortho nitro benzene ring substituents is 1. The second-order valence-electron chi connectivity index (χ2n) is 4.48. The fourth-order valence-corrected chi connectivity index (χ4v) is 2.20. The second kappa shape index (κ2) is 5.58. The van der Waals surface area contributed by atoms with Crippen LogP contribution in [0.25, 0.3) is 10.9 Å². The van der Waals surface area contributed by atoms with Gasteiger partial charge in [-0.25, -0.2) is 4.98 Å². The van der Waals surface area contributed by atoms with Gasteiger partial charge < -0.3 is 5.32 Å². The van der Waals surface area contributed by atoms with Crippen molar-refractivity contribution in [3.63, 3.8) is 0 Å². The van der Waals surface area contributed by atoms with Crippen molar-refractivity contribution in [1.82, 2.24) is 14.8 Å². The lowest BCUT2D eigenvalue weighted by atomic mass is 10.1. The number of pyridine rings is 1. The standard InChI is InChI=1S/C14H13N5O2/c20-19(21)13-5-4-12(11-3-1-6-16-14(11)13)15-8-10-18-9-2-7-17-18/h1-7,9,15H,8,10H2. The lowest BCUT2D eigenvalue weighted by Crippen LogP contribution is -2.11. The maximum absolute atomic E-state index is 11.0. The lowest BCUT2D eigenvalue weighted by Gasteiger charge is -2.09. The third kappa shape index (κ3) is 2.66. The van der Waals surface area contributed by atoms with Crippen LogP contribution in [0, 0.1) is 10.1 Å². The highest BCUT2D eigenvalue weighted by atomic mass is 16.6. The number of nitrogens with zero attached hydrogens (tertiary/aromatic N) is 4. The maximum atomic E-state index is 11.0. The number of benzene rings is 1. The third-order valence-corrected chi connectivity index (χ3v) is 3.16. The van der Waals surface area contributed by atoms with Crippen LogP contribution in [-0.4, -0.2) is 26.2 Å². The summed E-state index contributed by atoms with van der Waals surface area (Å²) in [4.78, 5) is 14.7. The van der Waals surface area contributed by atoms with Gasteiger partial charge in [0.1, 0.15) is 5.52 Å². The minimum absolute atomic E-state index is 0.0169. The minimum atomic E-state index is -0.414. The summed E-state index contributed by atoms with van der Waals surface area (Å²) in [6.45, 7) is 1.38. The Hall–Kier alpha value is -2.96. The van der Waals surface area contributed by atoms with E-state index in [-0.39, 0.29) is 5.69 Å². The first-order chi connectivity index (χ1) is 10.3. The first-order valence-corrected chi connectivity index (χ1v) is 6.49. The number of aromatic nitrogens is 3. The zero-order valence-electron chi connectivity index (χ0n) is 11.1. The van der Waals surface area contributed by atoms with Crippen molar-refractivity contribution in [2.45, 2.75) is 6.54 Å². The third-order valence-electron chi connectivity index (χ3n) is 3.16. The molecule has 0 fully saturated rings. The van der Waals surface area contributed by atoms with E-state index < -0.39 is 4.92 Å². The van der Waals surface area contributed by atoms with Gasteiger partial charge in [0.05, 0.1) is 11.5 Å². The van der Waals surface area contributed by atoms with Crippen LogP contribution in [0.5, 0.6) is 0 Å². The summed E-state index contributed by atoms with van der Waals surface area (Å²) in [5.41, 5.74) is 1.24. The van der Waals surface area contributed by atoms with Gasteiger partial charge in [-0.15, -0.1) is 0 Å². The topological polar surface area (TPSA) is 85.9 Å². The SMILES string of the molecule is O=[N+]([O-])c1ccc(NCCn2cccn2)c2cccnc12. The van der Waals surface area contributed by atoms with Gasteiger partial charge in [-0.3, -0.25) is 14.8 Å². The van der Waals surface area contributed by atoms with Crippen molar-refractivity contribution in [2.24, 2.45) is 0 Å². The van der Waals surface area contributed by atoms with E-state index in [9.17, 15) is 10.1 Å². The number of hydrogen-bond acceptors (Lipinski definition) is 5. The molecular weight excluding hydrogens is 270 g/mol. The molecule has 7 heteroatoms. The number of rotatable bonds is 5. The molecule has 3 aromatic rings. The van der Waals surface area contributed by atoms with E-state index in [0.29, 0.717) is 18.6 Å². The Bertz CT molecular complexity index is 770. The van der Waals surface area contributed by atoms with E-state index >= 15 is 0 Å². The largest absolute Gasteiger partial charge is 0.383 e. The molecule has 3 rings (SSSR count). The molecule has 0 aliphatic rings. The van der Waals surface area contributed by atoms with Crippen LogP contribution >= 0.6 is 0 Å². The molecule has 0 unspecified atom stereocenters. The minimum Gasteiger partial charge on any atom is -0.383 e. The van der Waals surface area contributed by atoms with Crippen LogP contribution in [-0.2, 0) is 6.54 Å². The van der Waals surface area contributed by atoms with E-state index in [2.05, 4.69) is 15.4 Å². The molecule has 0 atom stereocenters. The molecule has 106 valence electrons. The zero-order chi connectivity index (χ0) is 14.7. The van der Waals surface area contributed by atoms with Crippen molar-refractivity contribution >= 4 is 22.3 Å². The van der Waals surface area contributed by atoms with Crippen LogP contribution in [0.15, 0.2) is 48.9 Å². The van der Waals surface area contributed by atoms with Crippen LogP contribution in [0.2, 0.25) is 0 Å². The molecule has 1 aromatic carbocycles. The van der Waals surface area contributed by atoms with Crippen LogP contribution in [0.1, 0.15) is 0 Å². The molecule has 0 radical (unpaired) electrons. The number of hydrogen-bond donors (Lipinski definition) is 1. The molecule has 0 amide bonds. The summed E-state index contributed by atoms with van der Waals surface area (Å²) in [5.74, 6) is 0. The average Bonchev–Trinajstić information content (AvgIpc) is 3.00. The lowest BCUT2D eigenvalue weighted by molar-refractivity contribution is -0.383. The van der Waals surface area contributed by atoms with Crippen molar-refractivity contribution in [3.8, 4) is 0 Å². The van der Waals surface area contributed by atoms with Gasteiger partial charge in [-0.1, -0.05) is 0 Å². The fraction of sp³-hybridized carbons (Fsp3) is 0.143. The van der Waals surface area contributed by atoms with Gasteiger partial charge >= 0.3 is 0 Å². The van der Waals surface area contributed by atoms with Gasteiger partial charge in [0, 0.05) is 42.3 Å². The smallest absolute Gasteiger partial charge is 0.295 e. The first-order valence-electron chi connectivity index (χ1n) is 6.49. The van der Waals surface area contributed by atoms with Crippen molar-refractivity contribution in [1.29, 1.82) is 0 Å². The van der Waals surface area contributed by atoms with Gasteiger partial charge in [-0.2, -0.15) is 5.10 Å². The van der Waals surface area contributed by atoms with Gasteiger partial charge in [0.25, 0.3) is 5.69 Å². The Kier molecular flexibility index (Phi) is 3.46. The zero-order valence-corrected chi connectivity index (χ0v) is 11.1. The molecule has 2 heterocycles. The first kappa shape index (κ1) is 13.0.